The summed E-state index contributed by atoms with van der Waals surface area (Å²) < 4.78 is 11.6. The molecule has 0 unspecified atom stereocenters. The highest BCUT2D eigenvalue weighted by Gasteiger charge is 2.12. The molecule has 0 aliphatic carbocycles. The average Bonchev–Trinajstić information content (AvgIpc) is 2.46. The minimum absolute atomic E-state index is 0.0545. The van der Waals surface area contributed by atoms with Gasteiger partial charge < -0.3 is 15.2 Å². The maximum absolute atomic E-state index is 6.06. The van der Waals surface area contributed by atoms with E-state index in [1.54, 1.807) is 0 Å². The summed E-state index contributed by atoms with van der Waals surface area (Å²) >= 11 is 0. The van der Waals surface area contributed by atoms with Gasteiger partial charge in [-0.15, -0.1) is 0 Å². The van der Waals surface area contributed by atoms with Gasteiger partial charge in [0.15, 0.2) is 0 Å². The van der Waals surface area contributed by atoms with E-state index in [2.05, 4.69) is 38.1 Å². The Hall–Kier alpha value is -1.58. The first-order valence-corrected chi connectivity index (χ1v) is 7.57. The van der Waals surface area contributed by atoms with E-state index in [1.807, 2.05) is 19.1 Å². The molecule has 0 radical (unpaired) electrons. The van der Waals surface area contributed by atoms with Crippen molar-refractivity contribution in [2.45, 2.75) is 26.8 Å². The van der Waals surface area contributed by atoms with E-state index < -0.39 is 0 Å². The van der Waals surface area contributed by atoms with Crippen LogP contribution in [0.25, 0.3) is 10.8 Å². The fourth-order valence-corrected chi connectivity index (χ4v) is 2.30. The van der Waals surface area contributed by atoms with Crippen molar-refractivity contribution in [1.82, 2.24) is 0 Å². The highest BCUT2D eigenvalue weighted by atomic mass is 16.5. The number of nitrogens with two attached hydrogens (primary N) is 1. The predicted octanol–water partition coefficient (Wildman–Crippen LogP) is 3.91. The summed E-state index contributed by atoms with van der Waals surface area (Å²) in [6, 6.07) is 12.3. The van der Waals surface area contributed by atoms with Crippen LogP contribution in [0.4, 0.5) is 0 Å². The van der Waals surface area contributed by atoms with Crippen molar-refractivity contribution in [2.24, 2.45) is 11.7 Å². The lowest BCUT2D eigenvalue weighted by Crippen LogP contribution is -2.13. The van der Waals surface area contributed by atoms with Crippen molar-refractivity contribution >= 4 is 10.8 Å². The van der Waals surface area contributed by atoms with Crippen LogP contribution < -0.4 is 10.5 Å². The molecule has 0 aliphatic heterocycles. The van der Waals surface area contributed by atoms with Gasteiger partial charge in [0.25, 0.3) is 0 Å². The molecule has 0 bridgehead atoms. The summed E-state index contributed by atoms with van der Waals surface area (Å²) in [5.74, 6) is 1.43. The average molecular weight is 287 g/mol. The van der Waals surface area contributed by atoms with Crippen molar-refractivity contribution in [3.63, 3.8) is 0 Å². The molecular formula is C18H25NO2. The van der Waals surface area contributed by atoms with E-state index in [9.17, 15) is 0 Å². The highest BCUT2D eigenvalue weighted by molar-refractivity contribution is 5.89. The lowest BCUT2D eigenvalue weighted by atomic mass is 10.0. The molecule has 0 fully saturated rings. The number of benzene rings is 2. The van der Waals surface area contributed by atoms with Gasteiger partial charge in [0, 0.05) is 23.6 Å². The summed E-state index contributed by atoms with van der Waals surface area (Å²) in [5, 5.41) is 2.27. The maximum atomic E-state index is 6.06. The third-order valence-electron chi connectivity index (χ3n) is 3.33. The summed E-state index contributed by atoms with van der Waals surface area (Å²) in [6.07, 6.45) is 0. The van der Waals surface area contributed by atoms with Crippen molar-refractivity contribution in [3.05, 3.63) is 42.0 Å². The van der Waals surface area contributed by atoms with E-state index in [1.165, 1.54) is 5.39 Å². The van der Waals surface area contributed by atoms with Crippen LogP contribution in [-0.4, -0.2) is 19.8 Å². The summed E-state index contributed by atoms with van der Waals surface area (Å²) in [6.45, 7) is 8.16. The lowest BCUT2D eigenvalue weighted by Gasteiger charge is -2.17. The summed E-state index contributed by atoms with van der Waals surface area (Å²) in [5.41, 5.74) is 7.10. The Morgan fingerprint density at radius 2 is 1.76 bits per heavy atom. The Morgan fingerprint density at radius 1 is 1.00 bits per heavy atom. The maximum Gasteiger partial charge on any atom is 0.131 e. The van der Waals surface area contributed by atoms with Crippen LogP contribution in [0.15, 0.2) is 36.4 Å². The van der Waals surface area contributed by atoms with Crippen LogP contribution in [-0.2, 0) is 4.74 Å². The standard InChI is InChI=1S/C18H25NO2/c1-13(2)12-20-10-11-21-18-16(14(3)19)9-8-15-6-4-5-7-17(15)18/h4-9,13-14H,10-12,19H2,1-3H3/t14-/m1/s1. The second-order valence-corrected chi connectivity index (χ2v) is 5.81. The Morgan fingerprint density at radius 3 is 2.48 bits per heavy atom. The molecule has 2 N–H and O–H groups in total. The fourth-order valence-electron chi connectivity index (χ4n) is 2.30. The van der Waals surface area contributed by atoms with Gasteiger partial charge in [-0.1, -0.05) is 50.2 Å². The molecule has 0 aromatic heterocycles. The zero-order valence-corrected chi connectivity index (χ0v) is 13.1. The van der Waals surface area contributed by atoms with Gasteiger partial charge in [0.1, 0.15) is 12.4 Å². The Balaban J connectivity index is 2.14. The quantitative estimate of drug-likeness (QED) is 0.785. The Kier molecular flexibility index (Phi) is 5.59. The molecule has 0 aliphatic rings. The lowest BCUT2D eigenvalue weighted by molar-refractivity contribution is 0.0820. The smallest absolute Gasteiger partial charge is 0.131 e. The molecule has 0 saturated heterocycles. The minimum atomic E-state index is -0.0545. The topological polar surface area (TPSA) is 44.5 Å². The largest absolute Gasteiger partial charge is 0.490 e. The monoisotopic (exact) mass is 287 g/mol. The van der Waals surface area contributed by atoms with E-state index in [0.29, 0.717) is 19.1 Å². The number of ether oxygens (including phenoxy) is 2. The van der Waals surface area contributed by atoms with Gasteiger partial charge in [-0.3, -0.25) is 0 Å². The molecule has 2 aromatic rings. The third-order valence-corrected chi connectivity index (χ3v) is 3.33. The molecule has 2 aromatic carbocycles. The van der Waals surface area contributed by atoms with Crippen molar-refractivity contribution in [2.75, 3.05) is 19.8 Å². The number of hydrogen-bond acceptors (Lipinski definition) is 3. The zero-order chi connectivity index (χ0) is 15.2. The first-order chi connectivity index (χ1) is 10.1. The number of rotatable bonds is 7. The SMILES string of the molecule is CC(C)COCCOc1c([C@@H](C)N)ccc2ccccc12. The van der Waals surface area contributed by atoms with Crippen LogP contribution in [0.5, 0.6) is 5.75 Å². The molecule has 114 valence electrons. The normalized spacial score (nSPS) is 12.8. The predicted molar refractivity (Wildman–Crippen MR) is 87.7 cm³/mol. The zero-order valence-electron chi connectivity index (χ0n) is 13.1. The Labute approximate surface area is 127 Å². The second-order valence-electron chi connectivity index (χ2n) is 5.81. The van der Waals surface area contributed by atoms with Gasteiger partial charge in [0.05, 0.1) is 6.61 Å². The molecule has 0 spiro atoms. The first-order valence-electron chi connectivity index (χ1n) is 7.57. The Bertz CT molecular complexity index is 578. The molecule has 0 saturated carbocycles. The third kappa shape index (κ3) is 4.19. The molecule has 3 heteroatoms. The van der Waals surface area contributed by atoms with Crippen molar-refractivity contribution < 1.29 is 9.47 Å². The number of hydrogen-bond donors (Lipinski definition) is 1. The van der Waals surface area contributed by atoms with E-state index in [0.717, 1.165) is 23.3 Å². The van der Waals surface area contributed by atoms with Crippen LogP contribution in [0.1, 0.15) is 32.4 Å². The van der Waals surface area contributed by atoms with Crippen LogP contribution in [0.3, 0.4) is 0 Å². The van der Waals surface area contributed by atoms with E-state index in [4.69, 9.17) is 15.2 Å². The van der Waals surface area contributed by atoms with Crippen LogP contribution >= 0.6 is 0 Å². The van der Waals surface area contributed by atoms with Crippen molar-refractivity contribution in [1.29, 1.82) is 0 Å². The van der Waals surface area contributed by atoms with Gasteiger partial charge in [0.2, 0.25) is 0 Å². The molecule has 0 heterocycles. The molecule has 3 nitrogen and oxygen atoms in total. The van der Waals surface area contributed by atoms with Crippen LogP contribution in [0.2, 0.25) is 0 Å². The van der Waals surface area contributed by atoms with Gasteiger partial charge in [-0.05, 0) is 18.2 Å². The minimum Gasteiger partial charge on any atom is -0.490 e. The molecule has 0 amide bonds. The summed E-state index contributed by atoms with van der Waals surface area (Å²) in [7, 11) is 0. The first kappa shape index (κ1) is 15.8. The van der Waals surface area contributed by atoms with Gasteiger partial charge in [-0.2, -0.15) is 0 Å². The molecule has 21 heavy (non-hydrogen) atoms. The second kappa shape index (κ2) is 7.43. The molecule has 1 atom stereocenters. The highest BCUT2D eigenvalue weighted by Crippen LogP contribution is 2.32. The van der Waals surface area contributed by atoms with Crippen molar-refractivity contribution in [3.8, 4) is 5.75 Å². The van der Waals surface area contributed by atoms with Crippen LogP contribution in [0, 0.1) is 5.92 Å². The number of fused-ring (bicyclic) bond motifs is 1. The van der Waals surface area contributed by atoms with E-state index >= 15 is 0 Å². The molecule has 2 rings (SSSR count). The fraction of sp³-hybridized carbons (Fsp3) is 0.444. The van der Waals surface area contributed by atoms with Gasteiger partial charge in [-0.25, -0.2) is 0 Å². The van der Waals surface area contributed by atoms with Gasteiger partial charge >= 0.3 is 0 Å². The summed E-state index contributed by atoms with van der Waals surface area (Å²) in [4.78, 5) is 0. The molecular weight excluding hydrogens is 262 g/mol. The van der Waals surface area contributed by atoms with E-state index in [-0.39, 0.29) is 6.04 Å².